The molecular weight excluding hydrogens is 375 g/mol. The summed E-state index contributed by atoms with van der Waals surface area (Å²) in [5.41, 5.74) is -0.490. The standard InChI is InChI=1S/C19H14F3N3O3/c20-19(21,22)13-3-5-14(6-4-13)25-18(27)16-10-12(7-8-23-16)17(26)24-11-15-2-1-9-28-15/h1-10H,11H2,(H,24,26)(H,25,27). The van der Waals surface area contributed by atoms with Gasteiger partial charge in [-0.25, -0.2) is 0 Å². The van der Waals surface area contributed by atoms with Crippen molar-refractivity contribution in [2.75, 3.05) is 5.32 Å². The highest BCUT2D eigenvalue weighted by Gasteiger charge is 2.30. The number of anilines is 1. The van der Waals surface area contributed by atoms with Crippen LogP contribution in [0.25, 0.3) is 0 Å². The van der Waals surface area contributed by atoms with Gasteiger partial charge in [-0.05, 0) is 48.5 Å². The number of furan rings is 1. The van der Waals surface area contributed by atoms with Gasteiger partial charge in [-0.1, -0.05) is 0 Å². The first-order valence-corrected chi connectivity index (χ1v) is 8.08. The number of alkyl halides is 3. The van der Waals surface area contributed by atoms with Gasteiger partial charge in [-0.3, -0.25) is 14.6 Å². The minimum Gasteiger partial charge on any atom is -0.467 e. The van der Waals surface area contributed by atoms with Crippen molar-refractivity contribution < 1.29 is 27.2 Å². The molecule has 0 aliphatic carbocycles. The molecule has 0 saturated carbocycles. The largest absolute Gasteiger partial charge is 0.467 e. The van der Waals surface area contributed by atoms with E-state index in [0.717, 1.165) is 24.3 Å². The lowest BCUT2D eigenvalue weighted by molar-refractivity contribution is -0.137. The van der Waals surface area contributed by atoms with Crippen molar-refractivity contribution >= 4 is 17.5 Å². The normalized spacial score (nSPS) is 11.1. The van der Waals surface area contributed by atoms with E-state index in [2.05, 4.69) is 15.6 Å². The van der Waals surface area contributed by atoms with Crippen LogP contribution in [0.2, 0.25) is 0 Å². The third-order valence-electron chi connectivity index (χ3n) is 3.73. The molecule has 2 N–H and O–H groups in total. The fourth-order valence-corrected chi connectivity index (χ4v) is 2.32. The van der Waals surface area contributed by atoms with Crippen molar-refractivity contribution in [1.29, 1.82) is 0 Å². The fraction of sp³-hybridized carbons (Fsp3) is 0.105. The predicted molar refractivity (Wildman–Crippen MR) is 93.5 cm³/mol. The number of hydrogen-bond acceptors (Lipinski definition) is 4. The van der Waals surface area contributed by atoms with E-state index in [9.17, 15) is 22.8 Å². The molecule has 0 bridgehead atoms. The zero-order chi connectivity index (χ0) is 20.1. The molecule has 28 heavy (non-hydrogen) atoms. The van der Waals surface area contributed by atoms with Crippen LogP contribution in [-0.2, 0) is 12.7 Å². The summed E-state index contributed by atoms with van der Waals surface area (Å²) >= 11 is 0. The summed E-state index contributed by atoms with van der Waals surface area (Å²) < 4.78 is 42.9. The lowest BCUT2D eigenvalue weighted by Crippen LogP contribution is -2.23. The van der Waals surface area contributed by atoms with Crippen LogP contribution in [0.5, 0.6) is 0 Å². The molecule has 2 amide bonds. The van der Waals surface area contributed by atoms with Crippen molar-refractivity contribution in [2.24, 2.45) is 0 Å². The van der Waals surface area contributed by atoms with E-state index >= 15 is 0 Å². The molecule has 2 heterocycles. The SMILES string of the molecule is O=C(NCc1ccco1)c1ccnc(C(=O)Nc2ccc(C(F)(F)F)cc2)c1. The highest BCUT2D eigenvalue weighted by molar-refractivity contribution is 6.04. The Morgan fingerprint density at radius 2 is 1.79 bits per heavy atom. The van der Waals surface area contributed by atoms with Crippen LogP contribution >= 0.6 is 0 Å². The number of carbonyl (C=O) groups excluding carboxylic acids is 2. The maximum absolute atomic E-state index is 12.6. The van der Waals surface area contributed by atoms with Gasteiger partial charge >= 0.3 is 6.18 Å². The fourth-order valence-electron chi connectivity index (χ4n) is 2.32. The number of carbonyl (C=O) groups is 2. The number of aromatic nitrogens is 1. The first-order chi connectivity index (χ1) is 13.3. The van der Waals surface area contributed by atoms with Gasteiger partial charge in [-0.2, -0.15) is 13.2 Å². The average molecular weight is 389 g/mol. The minimum atomic E-state index is -4.46. The first-order valence-electron chi connectivity index (χ1n) is 8.08. The van der Waals surface area contributed by atoms with Gasteiger partial charge < -0.3 is 15.1 Å². The Morgan fingerprint density at radius 3 is 2.43 bits per heavy atom. The lowest BCUT2D eigenvalue weighted by Gasteiger charge is -2.09. The van der Waals surface area contributed by atoms with Crippen LogP contribution < -0.4 is 10.6 Å². The van der Waals surface area contributed by atoms with Gasteiger partial charge in [0.2, 0.25) is 0 Å². The van der Waals surface area contributed by atoms with Crippen LogP contribution in [-0.4, -0.2) is 16.8 Å². The van der Waals surface area contributed by atoms with Crippen LogP contribution in [0, 0.1) is 0 Å². The second kappa shape index (κ2) is 7.95. The lowest BCUT2D eigenvalue weighted by atomic mass is 10.2. The molecule has 0 fully saturated rings. The molecule has 9 heteroatoms. The zero-order valence-electron chi connectivity index (χ0n) is 14.3. The van der Waals surface area contributed by atoms with E-state index in [1.807, 2.05) is 0 Å². The van der Waals surface area contributed by atoms with Crippen molar-refractivity contribution in [1.82, 2.24) is 10.3 Å². The third-order valence-corrected chi connectivity index (χ3v) is 3.73. The number of rotatable bonds is 5. The summed E-state index contributed by atoms with van der Waals surface area (Å²) in [6.07, 6.45) is -1.68. The Balaban J connectivity index is 1.65. The van der Waals surface area contributed by atoms with Crippen molar-refractivity contribution in [2.45, 2.75) is 12.7 Å². The number of pyridine rings is 1. The number of nitrogens with zero attached hydrogens (tertiary/aromatic N) is 1. The Bertz CT molecular complexity index is 968. The molecule has 144 valence electrons. The van der Waals surface area contributed by atoms with Crippen LogP contribution in [0.3, 0.4) is 0 Å². The molecule has 1 aromatic carbocycles. The number of benzene rings is 1. The van der Waals surface area contributed by atoms with E-state index in [1.54, 1.807) is 12.1 Å². The van der Waals surface area contributed by atoms with Crippen molar-refractivity contribution in [3.8, 4) is 0 Å². The van der Waals surface area contributed by atoms with Gasteiger partial charge in [0.1, 0.15) is 11.5 Å². The van der Waals surface area contributed by atoms with E-state index < -0.39 is 23.6 Å². The van der Waals surface area contributed by atoms with Gasteiger partial charge in [0.25, 0.3) is 11.8 Å². The summed E-state index contributed by atoms with van der Waals surface area (Å²) in [6, 6.07) is 10.1. The Morgan fingerprint density at radius 1 is 1.04 bits per heavy atom. The van der Waals surface area contributed by atoms with Gasteiger partial charge in [0.05, 0.1) is 18.4 Å². The molecule has 2 aromatic heterocycles. The van der Waals surface area contributed by atoms with Gasteiger partial charge in [0, 0.05) is 17.4 Å². The molecule has 0 atom stereocenters. The smallest absolute Gasteiger partial charge is 0.416 e. The molecular formula is C19H14F3N3O3. The molecule has 6 nitrogen and oxygen atoms in total. The van der Waals surface area contributed by atoms with E-state index in [0.29, 0.717) is 5.76 Å². The maximum atomic E-state index is 12.6. The third kappa shape index (κ3) is 4.76. The second-order valence-corrected chi connectivity index (χ2v) is 5.72. The average Bonchev–Trinajstić information content (AvgIpc) is 3.19. The van der Waals surface area contributed by atoms with E-state index in [4.69, 9.17) is 4.42 Å². The predicted octanol–water partition coefficient (Wildman–Crippen LogP) is 3.88. The number of nitrogens with one attached hydrogen (secondary N) is 2. The molecule has 0 unspecified atom stereocenters. The molecule has 3 aromatic rings. The molecule has 0 saturated heterocycles. The topological polar surface area (TPSA) is 84.2 Å². The number of halogens is 3. The zero-order valence-corrected chi connectivity index (χ0v) is 14.3. The summed E-state index contributed by atoms with van der Waals surface area (Å²) in [7, 11) is 0. The highest BCUT2D eigenvalue weighted by atomic mass is 19.4. The molecule has 0 radical (unpaired) electrons. The number of hydrogen-bond donors (Lipinski definition) is 2. The van der Waals surface area contributed by atoms with Crippen molar-refractivity contribution in [3.63, 3.8) is 0 Å². The quantitative estimate of drug-likeness (QED) is 0.694. The number of amides is 2. The summed E-state index contributed by atoms with van der Waals surface area (Å²) in [4.78, 5) is 28.4. The van der Waals surface area contributed by atoms with E-state index in [-0.39, 0.29) is 23.5 Å². The molecule has 0 spiro atoms. The monoisotopic (exact) mass is 389 g/mol. The minimum absolute atomic E-state index is 0.0504. The van der Waals surface area contributed by atoms with Crippen LogP contribution in [0.1, 0.15) is 32.2 Å². The summed E-state index contributed by atoms with van der Waals surface area (Å²) in [5, 5.41) is 5.08. The Kier molecular flexibility index (Phi) is 5.44. The van der Waals surface area contributed by atoms with Crippen LogP contribution in [0.15, 0.2) is 65.4 Å². The second-order valence-electron chi connectivity index (χ2n) is 5.72. The van der Waals surface area contributed by atoms with Crippen LogP contribution in [0.4, 0.5) is 18.9 Å². The molecule has 0 aliphatic rings. The summed E-state index contributed by atoms with van der Waals surface area (Å²) in [6.45, 7) is 0.182. The highest BCUT2D eigenvalue weighted by Crippen LogP contribution is 2.29. The van der Waals surface area contributed by atoms with Gasteiger partial charge in [-0.15, -0.1) is 0 Å². The Labute approximate surface area is 157 Å². The maximum Gasteiger partial charge on any atom is 0.416 e. The first kappa shape index (κ1) is 19.2. The molecule has 3 rings (SSSR count). The van der Waals surface area contributed by atoms with Gasteiger partial charge in [0.15, 0.2) is 0 Å². The van der Waals surface area contributed by atoms with Crippen molar-refractivity contribution in [3.05, 3.63) is 83.6 Å². The summed E-state index contributed by atoms with van der Waals surface area (Å²) in [5.74, 6) is -0.509. The molecule has 0 aliphatic heterocycles. The Hall–Kier alpha value is -3.62. The van der Waals surface area contributed by atoms with E-state index in [1.165, 1.54) is 24.6 Å².